The number of carbonyl (C=O) groups excluding carboxylic acids is 1. The van der Waals surface area contributed by atoms with Crippen molar-refractivity contribution in [2.75, 3.05) is 5.32 Å². The Morgan fingerprint density at radius 1 is 1.00 bits per heavy atom. The first-order chi connectivity index (χ1) is 14.7. The molecule has 2 aromatic carbocycles. The van der Waals surface area contributed by atoms with Gasteiger partial charge in [-0.25, -0.2) is 27.3 Å². The molecule has 2 amide bonds. The molecule has 31 heavy (non-hydrogen) atoms. The second-order valence-corrected chi connectivity index (χ2v) is 9.91. The number of halogens is 1. The standard InChI is InChI=1S/C19H13ClN4O5S2/c20-15-9-10-16(30-15)31(28,29)23-18(26)21-11-5-7-12(8-6-11)24-17(25)13-3-1-2-4-14(13)22-19(24)27/h1-10H,(H,22,27)(H2,21,23,26). The molecule has 4 rings (SSSR count). The number of nitrogens with zero attached hydrogens (tertiary/aromatic N) is 1. The maximum Gasteiger partial charge on any atom is 0.333 e. The number of urea groups is 1. The van der Waals surface area contributed by atoms with E-state index < -0.39 is 27.3 Å². The van der Waals surface area contributed by atoms with Crippen molar-refractivity contribution < 1.29 is 13.2 Å². The lowest BCUT2D eigenvalue weighted by molar-refractivity contribution is 0.256. The third-order valence-electron chi connectivity index (χ3n) is 4.23. The van der Waals surface area contributed by atoms with E-state index in [0.717, 1.165) is 15.9 Å². The number of aromatic nitrogens is 2. The van der Waals surface area contributed by atoms with E-state index in [1.165, 1.54) is 36.4 Å². The number of hydrogen-bond acceptors (Lipinski definition) is 6. The molecule has 0 aliphatic rings. The van der Waals surface area contributed by atoms with Crippen molar-refractivity contribution in [3.05, 3.63) is 85.8 Å². The van der Waals surface area contributed by atoms with Crippen LogP contribution in [0.4, 0.5) is 10.5 Å². The molecule has 0 radical (unpaired) electrons. The third kappa shape index (κ3) is 4.24. The number of nitrogens with one attached hydrogen (secondary N) is 3. The molecule has 0 fully saturated rings. The summed E-state index contributed by atoms with van der Waals surface area (Å²) in [5.41, 5.74) is -0.131. The minimum atomic E-state index is -4.06. The lowest BCUT2D eigenvalue weighted by Crippen LogP contribution is -2.34. The maximum atomic E-state index is 12.7. The number of H-pyrrole nitrogens is 1. The first-order valence-electron chi connectivity index (χ1n) is 8.68. The number of carbonyl (C=O) groups is 1. The smallest absolute Gasteiger partial charge is 0.307 e. The summed E-state index contributed by atoms with van der Waals surface area (Å²) in [4.78, 5) is 39.8. The molecule has 0 saturated carbocycles. The summed E-state index contributed by atoms with van der Waals surface area (Å²) in [5, 5.41) is 2.73. The number of benzene rings is 2. The van der Waals surface area contributed by atoms with Gasteiger partial charge in [-0.1, -0.05) is 23.7 Å². The largest absolute Gasteiger partial charge is 0.333 e. The number of aromatic amines is 1. The molecule has 0 atom stereocenters. The van der Waals surface area contributed by atoms with E-state index in [2.05, 4.69) is 10.3 Å². The Labute approximate surface area is 184 Å². The van der Waals surface area contributed by atoms with Crippen LogP contribution < -0.4 is 21.3 Å². The van der Waals surface area contributed by atoms with Gasteiger partial charge in [-0.2, -0.15) is 0 Å². The fourth-order valence-corrected chi connectivity index (χ4v) is 5.25. The fourth-order valence-electron chi connectivity index (χ4n) is 2.86. The molecule has 158 valence electrons. The van der Waals surface area contributed by atoms with E-state index in [9.17, 15) is 22.8 Å². The first-order valence-corrected chi connectivity index (χ1v) is 11.4. The van der Waals surface area contributed by atoms with Gasteiger partial charge in [0.25, 0.3) is 15.6 Å². The zero-order chi connectivity index (χ0) is 22.2. The monoisotopic (exact) mass is 476 g/mol. The quantitative estimate of drug-likeness (QED) is 0.417. The Morgan fingerprint density at radius 2 is 1.71 bits per heavy atom. The van der Waals surface area contributed by atoms with Gasteiger partial charge in [-0.05, 0) is 48.5 Å². The minimum Gasteiger partial charge on any atom is -0.307 e. The van der Waals surface area contributed by atoms with Gasteiger partial charge in [0.05, 0.1) is 20.9 Å². The molecule has 9 nitrogen and oxygen atoms in total. The third-order valence-corrected chi connectivity index (χ3v) is 7.28. The molecular weight excluding hydrogens is 464 g/mol. The second-order valence-electron chi connectivity index (χ2n) is 6.28. The maximum absolute atomic E-state index is 12.7. The van der Waals surface area contributed by atoms with Crippen LogP contribution in [0.3, 0.4) is 0 Å². The van der Waals surface area contributed by atoms with Crippen molar-refractivity contribution in [1.29, 1.82) is 0 Å². The molecule has 3 N–H and O–H groups in total. The Kier molecular flexibility index (Phi) is 5.39. The van der Waals surface area contributed by atoms with E-state index in [-0.39, 0.29) is 19.9 Å². The topological polar surface area (TPSA) is 130 Å². The van der Waals surface area contributed by atoms with Crippen LogP contribution >= 0.6 is 22.9 Å². The number of fused-ring (bicyclic) bond motifs is 1. The predicted octanol–water partition coefficient (Wildman–Crippen LogP) is 2.90. The van der Waals surface area contributed by atoms with Gasteiger partial charge in [0.1, 0.15) is 4.21 Å². The van der Waals surface area contributed by atoms with Gasteiger partial charge in [-0.3, -0.25) is 4.79 Å². The van der Waals surface area contributed by atoms with Crippen LogP contribution in [0.15, 0.2) is 74.5 Å². The molecule has 4 aromatic rings. The van der Waals surface area contributed by atoms with E-state index in [1.54, 1.807) is 24.3 Å². The second kappa shape index (κ2) is 8.02. The predicted molar refractivity (Wildman–Crippen MR) is 119 cm³/mol. The van der Waals surface area contributed by atoms with Crippen molar-refractivity contribution in [3.63, 3.8) is 0 Å². The van der Waals surface area contributed by atoms with E-state index in [4.69, 9.17) is 11.6 Å². The van der Waals surface area contributed by atoms with Gasteiger partial charge < -0.3 is 10.3 Å². The van der Waals surface area contributed by atoms with Crippen molar-refractivity contribution >= 4 is 55.6 Å². The Balaban J connectivity index is 1.55. The average molecular weight is 477 g/mol. The molecule has 0 bridgehead atoms. The molecular formula is C19H13ClN4O5S2. The molecule has 0 aliphatic heterocycles. The van der Waals surface area contributed by atoms with Crippen LogP contribution in [0.5, 0.6) is 0 Å². The van der Waals surface area contributed by atoms with E-state index >= 15 is 0 Å². The van der Waals surface area contributed by atoms with Crippen LogP contribution in [-0.2, 0) is 10.0 Å². The highest BCUT2D eigenvalue weighted by Gasteiger charge is 2.20. The van der Waals surface area contributed by atoms with Crippen molar-refractivity contribution in [2.24, 2.45) is 0 Å². The van der Waals surface area contributed by atoms with Gasteiger partial charge in [0, 0.05) is 5.69 Å². The summed E-state index contributed by atoms with van der Waals surface area (Å²) in [6.45, 7) is 0. The number of thiophene rings is 1. The number of rotatable bonds is 4. The number of anilines is 1. The zero-order valence-electron chi connectivity index (χ0n) is 15.5. The number of amides is 2. The highest BCUT2D eigenvalue weighted by atomic mass is 35.5. The van der Waals surface area contributed by atoms with Gasteiger partial charge in [-0.15, -0.1) is 11.3 Å². The van der Waals surface area contributed by atoms with Crippen LogP contribution in [0.1, 0.15) is 0 Å². The van der Waals surface area contributed by atoms with Gasteiger partial charge in [0.2, 0.25) is 0 Å². The molecule has 2 aromatic heterocycles. The normalized spacial score (nSPS) is 11.4. The summed E-state index contributed by atoms with van der Waals surface area (Å²) in [7, 11) is -4.06. The first kappa shape index (κ1) is 20.8. The summed E-state index contributed by atoms with van der Waals surface area (Å²) >= 11 is 6.55. The van der Waals surface area contributed by atoms with Crippen LogP contribution in [0, 0.1) is 0 Å². The van der Waals surface area contributed by atoms with E-state index in [0.29, 0.717) is 10.9 Å². The molecule has 0 unspecified atom stereocenters. The Hall–Kier alpha value is -3.41. The molecule has 0 saturated heterocycles. The molecule has 2 heterocycles. The SMILES string of the molecule is O=C(Nc1ccc(-n2c(=O)[nH]c3ccccc3c2=O)cc1)NS(=O)(=O)c1ccc(Cl)s1. The number of para-hydroxylation sites is 1. The highest BCUT2D eigenvalue weighted by Crippen LogP contribution is 2.25. The summed E-state index contributed by atoms with van der Waals surface area (Å²) < 4.78 is 27.4. The Morgan fingerprint density at radius 3 is 2.39 bits per heavy atom. The summed E-state index contributed by atoms with van der Waals surface area (Å²) in [6.07, 6.45) is 0. The lowest BCUT2D eigenvalue weighted by atomic mass is 10.2. The molecule has 0 aliphatic carbocycles. The van der Waals surface area contributed by atoms with Crippen molar-refractivity contribution in [1.82, 2.24) is 14.3 Å². The zero-order valence-corrected chi connectivity index (χ0v) is 17.8. The van der Waals surface area contributed by atoms with Crippen LogP contribution in [0.25, 0.3) is 16.6 Å². The molecule has 0 spiro atoms. The average Bonchev–Trinajstić information content (AvgIpc) is 3.16. The van der Waals surface area contributed by atoms with Crippen molar-refractivity contribution in [2.45, 2.75) is 4.21 Å². The lowest BCUT2D eigenvalue weighted by Gasteiger charge is -2.09. The van der Waals surface area contributed by atoms with Gasteiger partial charge >= 0.3 is 11.7 Å². The Bertz CT molecular complexity index is 1520. The van der Waals surface area contributed by atoms with Crippen LogP contribution in [-0.4, -0.2) is 24.0 Å². The van der Waals surface area contributed by atoms with Crippen LogP contribution in [0.2, 0.25) is 4.34 Å². The summed E-state index contributed by atoms with van der Waals surface area (Å²) in [6, 6.07) is 14.1. The fraction of sp³-hybridized carbons (Fsp3) is 0. The number of sulfonamides is 1. The summed E-state index contributed by atoms with van der Waals surface area (Å²) in [5.74, 6) is 0. The highest BCUT2D eigenvalue weighted by molar-refractivity contribution is 7.92. The van der Waals surface area contributed by atoms with Gasteiger partial charge in [0.15, 0.2) is 0 Å². The van der Waals surface area contributed by atoms with E-state index in [1.807, 2.05) is 4.72 Å². The minimum absolute atomic E-state index is 0.0992. The number of hydrogen-bond donors (Lipinski definition) is 3. The van der Waals surface area contributed by atoms with Crippen molar-refractivity contribution in [3.8, 4) is 5.69 Å². The molecule has 12 heteroatoms.